The first-order chi connectivity index (χ1) is 12.9. The summed E-state index contributed by atoms with van der Waals surface area (Å²) >= 11 is 5.69. The van der Waals surface area contributed by atoms with Crippen molar-refractivity contribution in [2.75, 3.05) is 12.5 Å². The van der Waals surface area contributed by atoms with Crippen molar-refractivity contribution in [1.82, 2.24) is 0 Å². The first kappa shape index (κ1) is 20.8. The molecule has 0 saturated heterocycles. The van der Waals surface area contributed by atoms with Crippen LogP contribution in [0.5, 0.6) is 5.75 Å². The summed E-state index contributed by atoms with van der Waals surface area (Å²) in [6.07, 6.45) is 13.1. The maximum absolute atomic E-state index is 5.94. The number of alkyl halides is 1. The normalized spacial score (nSPS) is 10.8. The Bertz CT molecular complexity index is 582. The van der Waals surface area contributed by atoms with E-state index < -0.39 is 0 Å². The highest BCUT2D eigenvalue weighted by atomic mass is 35.5. The summed E-state index contributed by atoms with van der Waals surface area (Å²) in [5.41, 5.74) is 2.45. The SMILES string of the molecule is ClCCCCCCCCCCCCOc1cccc(-c2ccccc2)c1. The Morgan fingerprint density at radius 1 is 0.577 bits per heavy atom. The summed E-state index contributed by atoms with van der Waals surface area (Å²) in [7, 11) is 0. The van der Waals surface area contributed by atoms with E-state index in [1.54, 1.807) is 0 Å². The molecule has 0 atom stereocenters. The molecule has 142 valence electrons. The monoisotopic (exact) mass is 372 g/mol. The zero-order valence-electron chi connectivity index (χ0n) is 16.0. The Labute approximate surface area is 164 Å². The van der Waals surface area contributed by atoms with Gasteiger partial charge in [-0.2, -0.15) is 0 Å². The number of hydrogen-bond acceptors (Lipinski definition) is 1. The molecule has 0 fully saturated rings. The van der Waals surface area contributed by atoms with Crippen LogP contribution in [0.15, 0.2) is 54.6 Å². The van der Waals surface area contributed by atoms with Crippen molar-refractivity contribution in [3.63, 3.8) is 0 Å². The van der Waals surface area contributed by atoms with Crippen LogP contribution in [0.4, 0.5) is 0 Å². The van der Waals surface area contributed by atoms with Crippen molar-refractivity contribution in [2.24, 2.45) is 0 Å². The molecule has 1 nitrogen and oxygen atoms in total. The van der Waals surface area contributed by atoms with Crippen LogP contribution < -0.4 is 4.74 Å². The molecule has 0 N–H and O–H groups in total. The molecule has 26 heavy (non-hydrogen) atoms. The molecule has 0 aliphatic heterocycles. The van der Waals surface area contributed by atoms with Crippen molar-refractivity contribution >= 4 is 11.6 Å². The van der Waals surface area contributed by atoms with Crippen LogP contribution in [0.1, 0.15) is 64.2 Å². The second-order valence-electron chi connectivity index (χ2n) is 6.97. The smallest absolute Gasteiger partial charge is 0.119 e. The largest absolute Gasteiger partial charge is 0.494 e. The second-order valence-corrected chi connectivity index (χ2v) is 7.34. The molecule has 0 aliphatic rings. The Kier molecular flexibility index (Phi) is 11.0. The Morgan fingerprint density at radius 3 is 1.81 bits per heavy atom. The molecule has 0 saturated carbocycles. The topological polar surface area (TPSA) is 9.23 Å². The predicted octanol–water partition coefficient (Wildman–Crippen LogP) is 7.87. The van der Waals surface area contributed by atoms with Gasteiger partial charge in [0.05, 0.1) is 6.61 Å². The summed E-state index contributed by atoms with van der Waals surface area (Å²) in [6, 6.07) is 18.9. The lowest BCUT2D eigenvalue weighted by Crippen LogP contribution is -1.97. The lowest BCUT2D eigenvalue weighted by atomic mass is 10.1. The summed E-state index contributed by atoms with van der Waals surface area (Å²) in [6.45, 7) is 0.816. The maximum atomic E-state index is 5.94. The molecular weight excluding hydrogens is 340 g/mol. The highest BCUT2D eigenvalue weighted by Gasteiger charge is 2.00. The maximum Gasteiger partial charge on any atom is 0.119 e. The van der Waals surface area contributed by atoms with Crippen molar-refractivity contribution < 1.29 is 4.74 Å². The van der Waals surface area contributed by atoms with Gasteiger partial charge >= 0.3 is 0 Å². The van der Waals surface area contributed by atoms with Crippen molar-refractivity contribution in [3.8, 4) is 16.9 Å². The van der Waals surface area contributed by atoms with Crippen molar-refractivity contribution in [1.29, 1.82) is 0 Å². The molecule has 0 heterocycles. The molecule has 0 aromatic heterocycles. The van der Waals surface area contributed by atoms with E-state index in [0.717, 1.165) is 24.7 Å². The van der Waals surface area contributed by atoms with Gasteiger partial charge in [0.25, 0.3) is 0 Å². The molecule has 0 spiro atoms. The van der Waals surface area contributed by atoms with Crippen LogP contribution in [-0.4, -0.2) is 12.5 Å². The van der Waals surface area contributed by atoms with E-state index in [9.17, 15) is 0 Å². The Hall–Kier alpha value is -1.47. The fourth-order valence-corrected chi connectivity index (χ4v) is 3.39. The quantitative estimate of drug-likeness (QED) is 0.242. The molecule has 0 bridgehead atoms. The van der Waals surface area contributed by atoms with Crippen LogP contribution in [0.25, 0.3) is 11.1 Å². The molecule has 2 rings (SSSR count). The van der Waals surface area contributed by atoms with Gasteiger partial charge in [-0.15, -0.1) is 11.6 Å². The van der Waals surface area contributed by atoms with Crippen LogP contribution in [-0.2, 0) is 0 Å². The summed E-state index contributed by atoms with van der Waals surface area (Å²) in [5, 5.41) is 0. The van der Waals surface area contributed by atoms with Gasteiger partial charge in [0.2, 0.25) is 0 Å². The summed E-state index contributed by atoms with van der Waals surface area (Å²) in [5.74, 6) is 1.79. The van der Waals surface area contributed by atoms with Gasteiger partial charge in [0.1, 0.15) is 5.75 Å². The van der Waals surface area contributed by atoms with E-state index in [2.05, 4.69) is 48.5 Å². The third-order valence-electron chi connectivity index (χ3n) is 4.74. The number of hydrogen-bond donors (Lipinski definition) is 0. The van der Waals surface area contributed by atoms with Crippen LogP contribution in [0, 0.1) is 0 Å². The van der Waals surface area contributed by atoms with E-state index in [0.29, 0.717) is 0 Å². The van der Waals surface area contributed by atoms with E-state index in [4.69, 9.17) is 16.3 Å². The zero-order chi connectivity index (χ0) is 18.3. The molecular formula is C24H33ClO. The van der Waals surface area contributed by atoms with Gasteiger partial charge < -0.3 is 4.74 Å². The average Bonchev–Trinajstić information content (AvgIpc) is 2.70. The van der Waals surface area contributed by atoms with Crippen LogP contribution >= 0.6 is 11.6 Å². The highest BCUT2D eigenvalue weighted by molar-refractivity contribution is 6.17. The summed E-state index contributed by atoms with van der Waals surface area (Å²) in [4.78, 5) is 0. The third kappa shape index (κ3) is 8.76. The van der Waals surface area contributed by atoms with Crippen molar-refractivity contribution in [2.45, 2.75) is 64.2 Å². The summed E-state index contributed by atoms with van der Waals surface area (Å²) < 4.78 is 5.94. The first-order valence-corrected chi connectivity index (χ1v) is 10.8. The van der Waals surface area contributed by atoms with Gasteiger partial charge in [-0.05, 0) is 36.1 Å². The molecule has 2 aromatic carbocycles. The fourth-order valence-electron chi connectivity index (χ4n) is 3.20. The molecule has 2 aromatic rings. The molecule has 0 unspecified atom stereocenters. The second kappa shape index (κ2) is 13.7. The third-order valence-corrected chi connectivity index (χ3v) is 5.01. The average molecular weight is 373 g/mol. The number of unbranched alkanes of at least 4 members (excludes halogenated alkanes) is 9. The number of halogens is 1. The number of benzene rings is 2. The molecule has 2 heteroatoms. The standard InChI is InChI=1S/C24H33ClO/c25-19-12-7-5-3-1-2-4-6-8-13-20-26-24-18-14-17-23(21-24)22-15-10-9-11-16-22/h9-11,14-18,21H,1-8,12-13,19-20H2. The minimum Gasteiger partial charge on any atom is -0.494 e. The minimum atomic E-state index is 0.816. The molecule has 0 aliphatic carbocycles. The predicted molar refractivity (Wildman–Crippen MR) is 114 cm³/mol. The van der Waals surface area contributed by atoms with E-state index in [-0.39, 0.29) is 0 Å². The van der Waals surface area contributed by atoms with Crippen molar-refractivity contribution in [3.05, 3.63) is 54.6 Å². The first-order valence-electron chi connectivity index (χ1n) is 10.2. The van der Waals surface area contributed by atoms with Gasteiger partial charge in [-0.1, -0.05) is 93.8 Å². The van der Waals surface area contributed by atoms with E-state index in [1.807, 2.05) is 6.07 Å². The van der Waals surface area contributed by atoms with Crippen LogP contribution in [0.3, 0.4) is 0 Å². The van der Waals surface area contributed by atoms with Gasteiger partial charge in [-0.3, -0.25) is 0 Å². The Balaban J connectivity index is 1.51. The Morgan fingerprint density at radius 2 is 1.15 bits per heavy atom. The van der Waals surface area contributed by atoms with Gasteiger partial charge in [0.15, 0.2) is 0 Å². The van der Waals surface area contributed by atoms with Gasteiger partial charge in [-0.25, -0.2) is 0 Å². The van der Waals surface area contributed by atoms with E-state index >= 15 is 0 Å². The molecule has 0 radical (unpaired) electrons. The zero-order valence-corrected chi connectivity index (χ0v) is 16.7. The lowest BCUT2D eigenvalue weighted by Gasteiger charge is -2.08. The van der Waals surface area contributed by atoms with Crippen LogP contribution in [0.2, 0.25) is 0 Å². The van der Waals surface area contributed by atoms with E-state index in [1.165, 1.54) is 68.9 Å². The number of ether oxygens (including phenoxy) is 1. The lowest BCUT2D eigenvalue weighted by molar-refractivity contribution is 0.304. The fraction of sp³-hybridized carbons (Fsp3) is 0.500. The highest BCUT2D eigenvalue weighted by Crippen LogP contribution is 2.23. The number of rotatable bonds is 14. The minimum absolute atomic E-state index is 0.816. The van der Waals surface area contributed by atoms with Gasteiger partial charge in [0, 0.05) is 5.88 Å². The molecule has 0 amide bonds.